The van der Waals surface area contributed by atoms with E-state index in [4.69, 9.17) is 4.99 Å². The lowest BCUT2D eigenvalue weighted by Crippen LogP contribution is -2.53. The molecule has 0 radical (unpaired) electrons. The van der Waals surface area contributed by atoms with E-state index in [0.717, 1.165) is 46.9 Å². The van der Waals surface area contributed by atoms with Gasteiger partial charge in [0.05, 0.1) is 18.3 Å². The maximum absolute atomic E-state index is 13.9. The summed E-state index contributed by atoms with van der Waals surface area (Å²) in [6, 6.07) is 13.0. The van der Waals surface area contributed by atoms with E-state index < -0.39 is 12.1 Å². The minimum atomic E-state index is -0.791. The third-order valence-electron chi connectivity index (χ3n) is 6.51. The van der Waals surface area contributed by atoms with Gasteiger partial charge in [-0.1, -0.05) is 86.2 Å². The van der Waals surface area contributed by atoms with Crippen LogP contribution >= 0.6 is 12.6 Å². The highest BCUT2D eigenvalue weighted by atomic mass is 32.1. The van der Waals surface area contributed by atoms with Crippen LogP contribution in [0.3, 0.4) is 0 Å². The van der Waals surface area contributed by atoms with Crippen molar-refractivity contribution >= 4 is 47.1 Å². The Morgan fingerprint density at radius 3 is 2.71 bits per heavy atom. The summed E-state index contributed by atoms with van der Waals surface area (Å²) < 4.78 is 0. The van der Waals surface area contributed by atoms with Crippen LogP contribution in [0, 0.1) is 0 Å². The van der Waals surface area contributed by atoms with Gasteiger partial charge in [-0.2, -0.15) is 0 Å². The van der Waals surface area contributed by atoms with E-state index in [1.165, 1.54) is 0 Å². The monoisotopic (exact) mass is 530 g/mol. The van der Waals surface area contributed by atoms with Crippen LogP contribution in [0.1, 0.15) is 38.7 Å². The number of rotatable bonds is 12. The highest BCUT2D eigenvalue weighted by molar-refractivity contribution is 7.83. The lowest BCUT2D eigenvalue weighted by atomic mass is 10.0. The fraction of sp³-hybridized carbons (Fsp3) is 0.323. The van der Waals surface area contributed by atoms with Crippen molar-refractivity contribution in [3.05, 3.63) is 89.4 Å². The van der Waals surface area contributed by atoms with Crippen molar-refractivity contribution in [2.45, 2.75) is 45.2 Å². The van der Waals surface area contributed by atoms with E-state index in [0.29, 0.717) is 13.1 Å². The third kappa shape index (κ3) is 7.79. The zero-order valence-electron chi connectivity index (χ0n) is 22.4. The standard InChI is InChI=1S/C31H38N4O2S/c1-4-5-20-35(21-19-33-28(22-38)27-18-12-16-24-13-10-11-17-26(24)27)31(37)29(34-30(36)23(2)32-3)25-14-8-6-7-9-15-25/h6,8-19,22-23,29,32,38H,4-5,7,20-21H2,1-3H3,(H,34,36)/b28-22-,33-19?/t23-,29-/m0/s1. The Bertz CT molecular complexity index is 1260. The summed E-state index contributed by atoms with van der Waals surface area (Å²) in [6.45, 7) is 4.74. The van der Waals surface area contributed by atoms with Crippen LogP contribution in [-0.2, 0) is 9.59 Å². The molecule has 2 aromatic carbocycles. The number of thiol groups is 1. The lowest BCUT2D eigenvalue weighted by molar-refractivity contribution is -0.135. The molecule has 0 saturated carbocycles. The van der Waals surface area contributed by atoms with Gasteiger partial charge in [0.1, 0.15) is 6.04 Å². The molecule has 2 atom stereocenters. The average molecular weight is 531 g/mol. The molecule has 0 bridgehead atoms. The van der Waals surface area contributed by atoms with Gasteiger partial charge in [-0.25, -0.2) is 0 Å². The molecule has 1 aliphatic rings. The number of carbonyl (C=O) groups excluding carboxylic acids is 2. The number of unbranched alkanes of at least 4 members (excludes halogenated alkanes) is 1. The second kappa shape index (κ2) is 15.1. The Kier molecular flexibility index (Phi) is 11.6. The summed E-state index contributed by atoms with van der Waals surface area (Å²) in [6.07, 6.45) is 14.1. The predicted molar refractivity (Wildman–Crippen MR) is 162 cm³/mol. The van der Waals surface area contributed by atoms with Crippen molar-refractivity contribution < 1.29 is 9.59 Å². The molecule has 0 heterocycles. The fourth-order valence-corrected chi connectivity index (χ4v) is 4.36. The third-order valence-corrected chi connectivity index (χ3v) is 6.76. The maximum Gasteiger partial charge on any atom is 0.250 e. The van der Waals surface area contributed by atoms with Crippen LogP contribution in [0.25, 0.3) is 16.5 Å². The van der Waals surface area contributed by atoms with E-state index in [2.05, 4.69) is 48.4 Å². The first-order valence-corrected chi connectivity index (χ1v) is 13.7. The summed E-state index contributed by atoms with van der Waals surface area (Å²) in [7, 11) is 1.72. The number of likely N-dealkylation sites (N-methyl/N-ethyl adjacent to an activating group) is 1. The van der Waals surface area contributed by atoms with E-state index >= 15 is 0 Å². The van der Waals surface area contributed by atoms with Crippen molar-refractivity contribution in [1.82, 2.24) is 15.5 Å². The second-order valence-corrected chi connectivity index (χ2v) is 9.43. The molecular formula is C31H38N4O2S. The fourth-order valence-electron chi connectivity index (χ4n) is 4.16. The van der Waals surface area contributed by atoms with Crippen molar-refractivity contribution in [2.24, 2.45) is 4.99 Å². The first-order chi connectivity index (χ1) is 18.5. The first kappa shape index (κ1) is 29.1. The Hall–Kier alpha value is -3.42. The Morgan fingerprint density at radius 2 is 1.95 bits per heavy atom. The number of carbonyl (C=O) groups is 2. The number of allylic oxidation sites excluding steroid dienone is 4. The van der Waals surface area contributed by atoms with Gasteiger partial charge >= 0.3 is 0 Å². The van der Waals surface area contributed by atoms with Gasteiger partial charge in [0.2, 0.25) is 11.8 Å². The minimum absolute atomic E-state index is 0.158. The number of aliphatic imine (C=N–C) groups is 1. The van der Waals surface area contributed by atoms with Crippen molar-refractivity contribution in [3.8, 4) is 0 Å². The number of fused-ring (bicyclic) bond motifs is 1. The van der Waals surface area contributed by atoms with Crippen molar-refractivity contribution in [2.75, 3.05) is 20.1 Å². The molecule has 0 spiro atoms. The number of amides is 2. The summed E-state index contributed by atoms with van der Waals surface area (Å²) in [5, 5.41) is 9.81. The number of nitrogens with one attached hydrogen (secondary N) is 2. The molecule has 2 amide bonds. The molecular weight excluding hydrogens is 492 g/mol. The van der Waals surface area contributed by atoms with E-state index in [1.807, 2.05) is 54.6 Å². The average Bonchev–Trinajstić information content (AvgIpc) is 3.24. The quantitative estimate of drug-likeness (QED) is 0.257. The molecule has 2 aromatic rings. The van der Waals surface area contributed by atoms with E-state index in [1.54, 1.807) is 30.5 Å². The lowest BCUT2D eigenvalue weighted by Gasteiger charge is -2.28. The van der Waals surface area contributed by atoms with Crippen LogP contribution in [0.2, 0.25) is 0 Å². The SMILES string of the molecule is CCCCN(CC=N/C(=C\S)c1cccc2ccccc12)C(=O)[C@@H](NC(=O)[C@H](C)NC)C1=CC=CCC=C1. The molecule has 6 nitrogen and oxygen atoms in total. The van der Waals surface area contributed by atoms with Crippen molar-refractivity contribution in [1.29, 1.82) is 0 Å². The first-order valence-electron chi connectivity index (χ1n) is 13.1. The largest absolute Gasteiger partial charge is 0.339 e. The van der Waals surface area contributed by atoms with Gasteiger partial charge in [0.25, 0.3) is 0 Å². The van der Waals surface area contributed by atoms with Crippen LogP contribution in [0.15, 0.2) is 88.8 Å². The molecule has 0 fully saturated rings. The molecule has 2 N–H and O–H groups in total. The van der Waals surface area contributed by atoms with Gasteiger partial charge in [0.15, 0.2) is 0 Å². The van der Waals surface area contributed by atoms with Crippen LogP contribution in [-0.4, -0.2) is 55.1 Å². The molecule has 0 unspecified atom stereocenters. The predicted octanol–water partition coefficient (Wildman–Crippen LogP) is 5.30. The molecule has 3 rings (SSSR count). The maximum atomic E-state index is 13.9. The van der Waals surface area contributed by atoms with Gasteiger partial charge in [-0.05, 0) is 48.6 Å². The van der Waals surface area contributed by atoms with Gasteiger partial charge in [-0.15, -0.1) is 12.6 Å². The topological polar surface area (TPSA) is 73.8 Å². The summed E-state index contributed by atoms with van der Waals surface area (Å²) in [4.78, 5) is 33.2. The zero-order valence-corrected chi connectivity index (χ0v) is 23.3. The zero-order chi connectivity index (χ0) is 27.3. The van der Waals surface area contributed by atoms with Crippen LogP contribution in [0.4, 0.5) is 0 Å². The van der Waals surface area contributed by atoms with E-state index in [-0.39, 0.29) is 11.8 Å². The van der Waals surface area contributed by atoms with Crippen LogP contribution < -0.4 is 10.6 Å². The molecule has 0 saturated heterocycles. The molecule has 7 heteroatoms. The number of hydrogen-bond acceptors (Lipinski definition) is 5. The molecule has 0 aromatic heterocycles. The van der Waals surface area contributed by atoms with Gasteiger partial charge in [-0.3, -0.25) is 14.6 Å². The Labute approximate surface area is 231 Å². The second-order valence-electron chi connectivity index (χ2n) is 9.18. The smallest absolute Gasteiger partial charge is 0.250 e. The number of nitrogens with zero attached hydrogens (tertiary/aromatic N) is 2. The molecule has 38 heavy (non-hydrogen) atoms. The Morgan fingerprint density at radius 1 is 1.16 bits per heavy atom. The summed E-state index contributed by atoms with van der Waals surface area (Å²) in [5.74, 6) is -0.386. The summed E-state index contributed by atoms with van der Waals surface area (Å²) in [5.41, 5.74) is 2.46. The minimum Gasteiger partial charge on any atom is -0.339 e. The molecule has 1 aliphatic carbocycles. The highest BCUT2D eigenvalue weighted by Gasteiger charge is 2.29. The Balaban J connectivity index is 1.86. The summed E-state index contributed by atoms with van der Waals surface area (Å²) >= 11 is 4.42. The normalized spacial score (nSPS) is 15.3. The molecule has 0 aliphatic heterocycles. The van der Waals surface area contributed by atoms with Gasteiger partial charge in [0, 0.05) is 18.3 Å². The van der Waals surface area contributed by atoms with Crippen LogP contribution in [0.5, 0.6) is 0 Å². The van der Waals surface area contributed by atoms with Gasteiger partial charge < -0.3 is 15.5 Å². The highest BCUT2D eigenvalue weighted by Crippen LogP contribution is 2.26. The van der Waals surface area contributed by atoms with Crippen molar-refractivity contribution in [3.63, 3.8) is 0 Å². The number of hydrogen-bond donors (Lipinski definition) is 3. The molecule has 200 valence electrons. The van der Waals surface area contributed by atoms with E-state index in [9.17, 15) is 9.59 Å². The number of benzene rings is 2.